The molecule has 12 heteroatoms. The second kappa shape index (κ2) is 11.8. The van der Waals surface area contributed by atoms with Crippen LogP contribution in [-0.4, -0.2) is 69.9 Å². The Labute approximate surface area is 225 Å². The molecule has 1 aliphatic heterocycles. The van der Waals surface area contributed by atoms with Crippen molar-refractivity contribution in [3.05, 3.63) is 48.2 Å². The van der Waals surface area contributed by atoms with E-state index in [0.717, 1.165) is 42.4 Å². The third-order valence-corrected chi connectivity index (χ3v) is 7.65. The molecule has 0 saturated carbocycles. The summed E-state index contributed by atoms with van der Waals surface area (Å²) in [4.78, 5) is 2.21. The van der Waals surface area contributed by atoms with E-state index in [9.17, 15) is 26.0 Å². The van der Waals surface area contributed by atoms with Crippen molar-refractivity contribution in [1.29, 1.82) is 0 Å². The van der Waals surface area contributed by atoms with E-state index >= 15 is 0 Å². The van der Waals surface area contributed by atoms with E-state index in [1.54, 1.807) is 18.2 Å². The fraction of sp³-hybridized carbons (Fsp3) is 0.407. The molecule has 7 nitrogen and oxygen atoms in total. The molecular weight excluding hydrogens is 536 g/mol. The summed E-state index contributed by atoms with van der Waals surface area (Å²) in [5.41, 5.74) is 1.70. The van der Waals surface area contributed by atoms with Crippen LogP contribution in [-0.2, 0) is 16.4 Å². The number of hydrogen-bond donors (Lipinski definition) is 2. The number of anilines is 2. The molecule has 1 aliphatic rings. The van der Waals surface area contributed by atoms with Crippen molar-refractivity contribution >= 4 is 32.1 Å². The maximum Gasteiger partial charge on any atom is 0.406 e. The molecule has 0 atom stereocenters. The maximum absolute atomic E-state index is 13.5. The first-order valence-corrected chi connectivity index (χ1v) is 14.2. The first kappa shape index (κ1) is 28.6. The van der Waals surface area contributed by atoms with Crippen LogP contribution in [0.5, 0.6) is 5.75 Å². The zero-order valence-electron chi connectivity index (χ0n) is 21.6. The van der Waals surface area contributed by atoms with Gasteiger partial charge in [0.25, 0.3) is 0 Å². The molecule has 0 radical (unpaired) electrons. The number of aromatic nitrogens is 1. The van der Waals surface area contributed by atoms with Crippen LogP contribution >= 0.6 is 0 Å². The number of piperidine rings is 1. The normalized spacial score (nSPS) is 15.1. The van der Waals surface area contributed by atoms with Crippen molar-refractivity contribution in [2.75, 3.05) is 50.4 Å². The van der Waals surface area contributed by atoms with Crippen LogP contribution in [0.4, 0.5) is 28.9 Å². The van der Waals surface area contributed by atoms with E-state index in [0.29, 0.717) is 16.6 Å². The highest BCUT2D eigenvalue weighted by atomic mass is 32.2. The topological polar surface area (TPSA) is 75.6 Å². The number of hydrogen-bond acceptors (Lipinski definition) is 6. The van der Waals surface area contributed by atoms with Crippen molar-refractivity contribution in [3.8, 4) is 17.6 Å². The van der Waals surface area contributed by atoms with E-state index in [-0.39, 0.29) is 28.9 Å². The number of benzene rings is 2. The molecule has 210 valence electrons. The van der Waals surface area contributed by atoms with Crippen LogP contribution in [0.15, 0.2) is 47.4 Å². The highest BCUT2D eigenvalue weighted by Gasteiger charge is 2.30. The number of nitrogens with zero attached hydrogens (tertiary/aromatic N) is 2. The number of fused-ring (bicyclic) bond motifs is 1. The standard InChI is InChI=1S/C27H30F4N4O3S/c1-34-13-10-19(11-14-34)33-23-6-3-7-25-22(23)15-20(35(25)17-27(29,30)31)5-4-12-32-24-9-8-21(39(2,36)37)16-26(24)38-18-28/h3,6-9,15-16,19,32-33H,10-14,17-18H2,1-2H3. The second-order valence-electron chi connectivity index (χ2n) is 9.53. The minimum atomic E-state index is -4.45. The summed E-state index contributed by atoms with van der Waals surface area (Å²) < 4.78 is 83.0. The Morgan fingerprint density at radius 1 is 1.10 bits per heavy atom. The molecule has 1 aromatic heterocycles. The summed E-state index contributed by atoms with van der Waals surface area (Å²) in [5.74, 6) is 5.62. The Kier molecular flexibility index (Phi) is 8.61. The van der Waals surface area contributed by atoms with Gasteiger partial charge in [0.15, 0.2) is 9.84 Å². The van der Waals surface area contributed by atoms with E-state index in [4.69, 9.17) is 4.74 Å². The van der Waals surface area contributed by atoms with Gasteiger partial charge in [-0.3, -0.25) is 0 Å². The Balaban J connectivity index is 1.59. The van der Waals surface area contributed by atoms with Crippen molar-refractivity contribution in [1.82, 2.24) is 9.47 Å². The lowest BCUT2D eigenvalue weighted by molar-refractivity contribution is -0.140. The molecule has 0 amide bonds. The lowest BCUT2D eigenvalue weighted by atomic mass is 10.0. The van der Waals surface area contributed by atoms with Gasteiger partial charge < -0.3 is 24.8 Å². The summed E-state index contributed by atoms with van der Waals surface area (Å²) in [6.45, 7) is -0.468. The molecule has 2 aromatic carbocycles. The van der Waals surface area contributed by atoms with Gasteiger partial charge in [0.2, 0.25) is 6.86 Å². The number of likely N-dealkylation sites (tertiary alicyclic amines) is 1. The predicted molar refractivity (Wildman–Crippen MR) is 144 cm³/mol. The number of sulfone groups is 1. The highest BCUT2D eigenvalue weighted by Crippen LogP contribution is 2.31. The first-order valence-electron chi connectivity index (χ1n) is 12.3. The average Bonchev–Trinajstić information content (AvgIpc) is 3.20. The van der Waals surface area contributed by atoms with Gasteiger partial charge in [-0.05, 0) is 69.2 Å². The Bertz CT molecular complexity index is 1480. The Morgan fingerprint density at radius 2 is 1.85 bits per heavy atom. The van der Waals surface area contributed by atoms with Crippen LogP contribution in [0.1, 0.15) is 18.5 Å². The largest absolute Gasteiger partial charge is 0.461 e. The monoisotopic (exact) mass is 566 g/mol. The third kappa shape index (κ3) is 7.36. The molecule has 2 N–H and O–H groups in total. The van der Waals surface area contributed by atoms with E-state index in [1.165, 1.54) is 18.2 Å². The Morgan fingerprint density at radius 3 is 2.51 bits per heavy atom. The molecule has 3 aromatic rings. The smallest absolute Gasteiger partial charge is 0.406 e. The molecule has 1 fully saturated rings. The van der Waals surface area contributed by atoms with Gasteiger partial charge in [-0.2, -0.15) is 13.2 Å². The molecule has 4 rings (SSSR count). The fourth-order valence-corrected chi connectivity index (χ4v) is 5.20. The van der Waals surface area contributed by atoms with Crippen LogP contribution in [0.3, 0.4) is 0 Å². The fourth-order valence-electron chi connectivity index (χ4n) is 4.57. The SMILES string of the molecule is CN1CCC(Nc2cccc3c2cc(C#CCNc2ccc(S(C)(=O)=O)cc2OCF)n3CC(F)(F)F)CC1. The summed E-state index contributed by atoms with van der Waals surface area (Å²) in [6, 6.07) is 11.1. The molecule has 0 spiro atoms. The minimum absolute atomic E-state index is 0.00485. The molecule has 0 aliphatic carbocycles. The van der Waals surface area contributed by atoms with Crippen LogP contribution in [0.2, 0.25) is 0 Å². The minimum Gasteiger partial charge on any atom is -0.461 e. The number of alkyl halides is 4. The lowest BCUT2D eigenvalue weighted by Gasteiger charge is -2.30. The second-order valence-corrected chi connectivity index (χ2v) is 11.5. The van der Waals surface area contributed by atoms with Gasteiger partial charge >= 0.3 is 6.18 Å². The maximum atomic E-state index is 13.5. The molecular formula is C27H30F4N4O3S. The van der Waals surface area contributed by atoms with Gasteiger partial charge in [-0.25, -0.2) is 12.8 Å². The van der Waals surface area contributed by atoms with Crippen molar-refractivity contribution < 1.29 is 30.7 Å². The zero-order chi connectivity index (χ0) is 28.2. The summed E-state index contributed by atoms with van der Waals surface area (Å²) in [6.07, 6.45) is -1.55. The van der Waals surface area contributed by atoms with Crippen LogP contribution in [0.25, 0.3) is 10.9 Å². The van der Waals surface area contributed by atoms with Gasteiger partial charge in [0, 0.05) is 29.4 Å². The molecule has 39 heavy (non-hydrogen) atoms. The average molecular weight is 567 g/mol. The summed E-state index contributed by atoms with van der Waals surface area (Å²) >= 11 is 0. The van der Waals surface area contributed by atoms with Gasteiger partial charge in [0.1, 0.15) is 12.3 Å². The number of nitrogens with one attached hydrogen (secondary N) is 2. The van der Waals surface area contributed by atoms with E-state index in [2.05, 4.69) is 34.4 Å². The van der Waals surface area contributed by atoms with Crippen LogP contribution < -0.4 is 15.4 Å². The highest BCUT2D eigenvalue weighted by molar-refractivity contribution is 7.90. The van der Waals surface area contributed by atoms with E-state index < -0.39 is 29.4 Å². The predicted octanol–water partition coefficient (Wildman–Crippen LogP) is 4.88. The van der Waals surface area contributed by atoms with Crippen LogP contribution in [0, 0.1) is 11.8 Å². The number of rotatable bonds is 8. The molecule has 1 saturated heterocycles. The zero-order valence-corrected chi connectivity index (χ0v) is 22.4. The lowest BCUT2D eigenvalue weighted by Crippen LogP contribution is -2.36. The van der Waals surface area contributed by atoms with Gasteiger partial charge in [-0.15, -0.1) is 0 Å². The third-order valence-electron chi connectivity index (χ3n) is 6.54. The van der Waals surface area contributed by atoms with Crippen molar-refractivity contribution in [2.24, 2.45) is 0 Å². The quantitative estimate of drug-likeness (QED) is 0.299. The van der Waals surface area contributed by atoms with Crippen molar-refractivity contribution in [2.45, 2.75) is 36.5 Å². The van der Waals surface area contributed by atoms with Gasteiger partial charge in [0.05, 0.1) is 28.3 Å². The van der Waals surface area contributed by atoms with Gasteiger partial charge in [-0.1, -0.05) is 12.0 Å². The first-order chi connectivity index (χ1) is 18.4. The van der Waals surface area contributed by atoms with Crippen molar-refractivity contribution in [3.63, 3.8) is 0 Å². The Hall–Kier alpha value is -3.43. The van der Waals surface area contributed by atoms with E-state index in [1.807, 2.05) is 6.07 Å². The molecule has 0 bridgehead atoms. The number of ether oxygens (including phenoxy) is 1. The molecule has 2 heterocycles. The number of halogens is 4. The summed E-state index contributed by atoms with van der Waals surface area (Å²) in [5, 5.41) is 7.07. The summed E-state index contributed by atoms with van der Waals surface area (Å²) in [7, 11) is -1.47. The molecule has 0 unspecified atom stereocenters.